The smallest absolute Gasteiger partial charge is 0.254 e. The molecule has 0 radical (unpaired) electrons. The quantitative estimate of drug-likeness (QED) is 0.601. The van der Waals surface area contributed by atoms with Crippen LogP contribution in [0.3, 0.4) is 0 Å². The standard InChI is InChI=1S/C14H16N3O2/c1-13-2-6-16(7-3-13)11-19-12-17-8-4-14(5-9-17)10-15-18/h2-10H,11-12H2,1H3/q+1. The van der Waals surface area contributed by atoms with E-state index in [0.717, 1.165) is 5.57 Å². The molecule has 0 bridgehead atoms. The normalized spacial score (nSPS) is 13.7. The number of allylic oxidation sites excluding steroid dienone is 3. The van der Waals surface area contributed by atoms with E-state index in [9.17, 15) is 4.91 Å². The first-order valence-corrected chi connectivity index (χ1v) is 5.96. The third-order valence-corrected chi connectivity index (χ3v) is 2.66. The van der Waals surface area contributed by atoms with Crippen molar-refractivity contribution in [1.82, 2.24) is 4.90 Å². The van der Waals surface area contributed by atoms with Crippen LogP contribution in [-0.2, 0) is 11.5 Å². The minimum atomic E-state index is 0.454. The van der Waals surface area contributed by atoms with Crippen molar-refractivity contribution in [2.75, 3.05) is 6.73 Å². The average molecular weight is 258 g/mol. The molecule has 1 aromatic rings. The summed E-state index contributed by atoms with van der Waals surface area (Å²) in [7, 11) is 0. The highest BCUT2D eigenvalue weighted by atomic mass is 16.5. The summed E-state index contributed by atoms with van der Waals surface area (Å²) < 4.78 is 7.54. The molecule has 0 N–H and O–H groups in total. The molecule has 19 heavy (non-hydrogen) atoms. The van der Waals surface area contributed by atoms with Gasteiger partial charge in [0.05, 0.1) is 6.20 Å². The molecule has 1 aromatic heterocycles. The lowest BCUT2D eigenvalue weighted by atomic mass is 10.2. The van der Waals surface area contributed by atoms with Gasteiger partial charge in [-0.15, -0.1) is 4.91 Å². The molecule has 0 fully saturated rings. The fourth-order valence-corrected chi connectivity index (χ4v) is 1.57. The topological polar surface area (TPSA) is 45.8 Å². The second-order valence-electron chi connectivity index (χ2n) is 4.23. The Morgan fingerprint density at radius 2 is 2.00 bits per heavy atom. The van der Waals surface area contributed by atoms with Crippen molar-refractivity contribution in [1.29, 1.82) is 0 Å². The van der Waals surface area contributed by atoms with Crippen molar-refractivity contribution < 1.29 is 9.30 Å². The lowest BCUT2D eigenvalue weighted by Gasteiger charge is -2.17. The molecule has 0 unspecified atom stereocenters. The number of rotatable bonds is 5. The van der Waals surface area contributed by atoms with Crippen LogP contribution >= 0.6 is 0 Å². The van der Waals surface area contributed by atoms with E-state index in [1.165, 1.54) is 11.8 Å². The van der Waals surface area contributed by atoms with Gasteiger partial charge >= 0.3 is 0 Å². The Bertz CT molecular complexity index is 502. The van der Waals surface area contributed by atoms with E-state index >= 15 is 0 Å². The molecule has 5 heteroatoms. The second-order valence-corrected chi connectivity index (χ2v) is 4.23. The molecule has 0 aliphatic carbocycles. The van der Waals surface area contributed by atoms with Gasteiger partial charge in [0.1, 0.15) is 6.73 Å². The summed E-state index contributed by atoms with van der Waals surface area (Å²) in [4.78, 5) is 12.0. The van der Waals surface area contributed by atoms with Crippen LogP contribution in [0.2, 0.25) is 0 Å². The fraction of sp³-hybridized carbons (Fsp3) is 0.214. The number of pyridine rings is 1. The van der Waals surface area contributed by atoms with E-state index in [2.05, 4.69) is 5.18 Å². The molecule has 0 saturated heterocycles. The summed E-state index contributed by atoms with van der Waals surface area (Å²) in [6.07, 6.45) is 12.5. The molecule has 2 rings (SSSR count). The van der Waals surface area contributed by atoms with Crippen LogP contribution in [0, 0.1) is 11.8 Å². The maximum Gasteiger partial charge on any atom is 0.254 e. The number of hydrogen-bond acceptors (Lipinski definition) is 4. The van der Waals surface area contributed by atoms with Gasteiger partial charge in [0.15, 0.2) is 12.4 Å². The van der Waals surface area contributed by atoms with Gasteiger partial charge in [0.2, 0.25) is 0 Å². The molecule has 0 aromatic carbocycles. The Hall–Kier alpha value is -2.27. The zero-order valence-corrected chi connectivity index (χ0v) is 10.8. The Morgan fingerprint density at radius 1 is 1.32 bits per heavy atom. The summed E-state index contributed by atoms with van der Waals surface area (Å²) in [6, 6.07) is 4.07. The molecule has 2 heterocycles. The van der Waals surface area contributed by atoms with E-state index in [4.69, 9.17) is 4.74 Å². The molecule has 0 atom stereocenters. The molecular weight excluding hydrogens is 242 g/mol. The zero-order chi connectivity index (χ0) is 13.5. The maximum absolute atomic E-state index is 10.1. The van der Waals surface area contributed by atoms with Gasteiger partial charge in [-0.05, 0) is 35.4 Å². The van der Waals surface area contributed by atoms with Crippen molar-refractivity contribution in [3.63, 3.8) is 0 Å². The van der Waals surface area contributed by atoms with E-state index < -0.39 is 0 Å². The molecule has 0 saturated carbocycles. The summed E-state index contributed by atoms with van der Waals surface area (Å²) in [5, 5.41) is 2.73. The minimum absolute atomic E-state index is 0.454. The first-order chi connectivity index (χ1) is 9.28. The van der Waals surface area contributed by atoms with Crippen LogP contribution in [0.25, 0.3) is 0 Å². The van der Waals surface area contributed by atoms with Crippen LogP contribution in [0.5, 0.6) is 0 Å². The third kappa shape index (κ3) is 4.15. The number of hydrogen-bond donors (Lipinski definition) is 0. The summed E-state index contributed by atoms with van der Waals surface area (Å²) in [5.41, 5.74) is 2.00. The highest BCUT2D eigenvalue weighted by Gasteiger charge is 2.03. The molecule has 1 aliphatic heterocycles. The number of nitrogens with zero attached hydrogens (tertiary/aromatic N) is 3. The summed E-state index contributed by atoms with van der Waals surface area (Å²) in [6.45, 7) is 3.00. The largest absolute Gasteiger partial charge is 0.331 e. The minimum Gasteiger partial charge on any atom is -0.331 e. The third-order valence-electron chi connectivity index (χ3n) is 2.66. The molecule has 0 spiro atoms. The SMILES string of the molecule is Cc1cc[n+](COCN2C=CC(=CN=O)C=C2)cc1. The monoisotopic (exact) mass is 258 g/mol. The van der Waals surface area contributed by atoms with Crippen LogP contribution in [0.1, 0.15) is 5.56 Å². The lowest BCUT2D eigenvalue weighted by molar-refractivity contribution is -0.733. The lowest BCUT2D eigenvalue weighted by Crippen LogP contribution is -2.35. The average Bonchev–Trinajstić information content (AvgIpc) is 2.43. The first kappa shape index (κ1) is 13.2. The maximum atomic E-state index is 10.1. The number of aryl methyl sites for hydroxylation is 1. The Balaban J connectivity index is 1.77. The predicted octanol–water partition coefficient (Wildman–Crippen LogP) is 2.21. The van der Waals surface area contributed by atoms with Crippen LogP contribution < -0.4 is 4.57 Å². The van der Waals surface area contributed by atoms with Crippen molar-refractivity contribution in [2.24, 2.45) is 5.18 Å². The van der Waals surface area contributed by atoms with Crippen molar-refractivity contribution in [3.8, 4) is 0 Å². The zero-order valence-electron chi connectivity index (χ0n) is 10.8. The van der Waals surface area contributed by atoms with Crippen molar-refractivity contribution in [3.05, 3.63) is 71.3 Å². The number of aromatic nitrogens is 1. The van der Waals surface area contributed by atoms with E-state index in [0.29, 0.717) is 13.5 Å². The predicted molar refractivity (Wildman–Crippen MR) is 71.3 cm³/mol. The van der Waals surface area contributed by atoms with Crippen molar-refractivity contribution >= 4 is 0 Å². The Labute approximate surface area is 112 Å². The molecule has 1 aliphatic rings. The first-order valence-electron chi connectivity index (χ1n) is 5.96. The number of nitroso groups, excluding NO2 is 1. The van der Waals surface area contributed by atoms with Gasteiger partial charge in [-0.1, -0.05) is 0 Å². The van der Waals surface area contributed by atoms with Crippen LogP contribution in [0.15, 0.2) is 66.0 Å². The van der Waals surface area contributed by atoms with Crippen LogP contribution in [0.4, 0.5) is 0 Å². The Kier molecular flexibility index (Phi) is 4.58. The summed E-state index contributed by atoms with van der Waals surface area (Å²) >= 11 is 0. The van der Waals surface area contributed by atoms with Gasteiger partial charge in [-0.2, -0.15) is 4.57 Å². The van der Waals surface area contributed by atoms with Crippen LogP contribution in [-0.4, -0.2) is 11.6 Å². The van der Waals surface area contributed by atoms with E-state index in [1.54, 1.807) is 0 Å². The highest BCUT2D eigenvalue weighted by molar-refractivity contribution is 5.32. The van der Waals surface area contributed by atoms with Gasteiger partial charge in [0, 0.05) is 24.5 Å². The Morgan fingerprint density at radius 3 is 2.63 bits per heavy atom. The number of ether oxygens (including phenoxy) is 1. The molecule has 0 amide bonds. The highest BCUT2D eigenvalue weighted by Crippen LogP contribution is 2.09. The molecular formula is C14H16N3O2+. The van der Waals surface area contributed by atoms with Crippen molar-refractivity contribution in [2.45, 2.75) is 13.7 Å². The summed E-state index contributed by atoms with van der Waals surface area (Å²) in [5.74, 6) is 0. The molecule has 5 nitrogen and oxygen atoms in total. The van der Waals surface area contributed by atoms with E-state index in [-0.39, 0.29) is 0 Å². The van der Waals surface area contributed by atoms with Gasteiger partial charge in [-0.3, -0.25) is 0 Å². The van der Waals surface area contributed by atoms with Gasteiger partial charge in [0.25, 0.3) is 6.73 Å². The molecule has 98 valence electrons. The fourth-order valence-electron chi connectivity index (χ4n) is 1.57. The van der Waals surface area contributed by atoms with E-state index in [1.807, 2.05) is 65.5 Å². The van der Waals surface area contributed by atoms with Gasteiger partial charge < -0.3 is 9.64 Å². The second kappa shape index (κ2) is 6.61. The van der Waals surface area contributed by atoms with Gasteiger partial charge in [-0.25, -0.2) is 0 Å².